The summed E-state index contributed by atoms with van der Waals surface area (Å²) in [5.74, 6) is 0.515. The number of ether oxygens (including phenoxy) is 1. The zero-order valence-electron chi connectivity index (χ0n) is 12.2. The number of benzene rings is 2. The largest absolute Gasteiger partial charge is 0.372 e. The van der Waals surface area contributed by atoms with E-state index in [0.29, 0.717) is 30.5 Å². The zero-order chi connectivity index (χ0) is 15.6. The Morgan fingerprint density at radius 3 is 2.83 bits per heavy atom. The first-order valence-electron chi connectivity index (χ1n) is 7.19. The summed E-state index contributed by atoms with van der Waals surface area (Å²) in [7, 11) is 0. The smallest absolute Gasteiger partial charge is 0.230 e. The molecule has 0 saturated carbocycles. The molecule has 2 aromatic carbocycles. The Balaban J connectivity index is 1.61. The van der Waals surface area contributed by atoms with E-state index in [4.69, 9.17) is 4.74 Å². The quantitative estimate of drug-likeness (QED) is 0.803. The maximum atomic E-state index is 13.3. The third-order valence-corrected chi connectivity index (χ3v) is 3.63. The molecule has 1 aliphatic heterocycles. The summed E-state index contributed by atoms with van der Waals surface area (Å²) in [6, 6.07) is 12.2. The lowest BCUT2D eigenvalue weighted by Gasteiger charge is -2.07. The predicted octanol–water partition coefficient (Wildman–Crippen LogP) is 3.45. The number of hydrogen-bond acceptors (Lipinski definition) is 5. The maximum Gasteiger partial charge on any atom is 0.230 e. The molecule has 5 nitrogen and oxygen atoms in total. The van der Waals surface area contributed by atoms with Crippen molar-refractivity contribution in [2.24, 2.45) is 0 Å². The molecule has 1 N–H and O–H groups in total. The Bertz CT molecular complexity index is 869. The number of nitrogens with one attached hydrogen (secondary N) is 1. The van der Waals surface area contributed by atoms with Gasteiger partial charge < -0.3 is 10.1 Å². The van der Waals surface area contributed by atoms with Crippen molar-refractivity contribution in [2.75, 3.05) is 5.32 Å². The fourth-order valence-corrected chi connectivity index (χ4v) is 2.50. The zero-order valence-corrected chi connectivity index (χ0v) is 12.2. The summed E-state index contributed by atoms with van der Waals surface area (Å²) in [4.78, 5) is 12.6. The monoisotopic (exact) mass is 308 g/mol. The van der Waals surface area contributed by atoms with Gasteiger partial charge in [0, 0.05) is 11.3 Å². The van der Waals surface area contributed by atoms with Gasteiger partial charge in [-0.2, -0.15) is 4.98 Å². The highest BCUT2D eigenvalue weighted by atomic mass is 19.1. The SMILES string of the molecule is Fc1cccc(-c2ncnc(Nc3ccc4c(c3)COC4)n2)c1. The van der Waals surface area contributed by atoms with Gasteiger partial charge in [0.2, 0.25) is 5.95 Å². The summed E-state index contributed by atoms with van der Waals surface area (Å²) in [5.41, 5.74) is 3.85. The molecule has 0 radical (unpaired) electrons. The molecule has 0 fully saturated rings. The highest BCUT2D eigenvalue weighted by molar-refractivity contribution is 5.59. The van der Waals surface area contributed by atoms with Gasteiger partial charge in [0.25, 0.3) is 0 Å². The van der Waals surface area contributed by atoms with Crippen LogP contribution in [0.5, 0.6) is 0 Å². The molecule has 0 unspecified atom stereocenters. The molecule has 1 aromatic heterocycles. The molecule has 0 amide bonds. The van der Waals surface area contributed by atoms with Crippen molar-refractivity contribution < 1.29 is 9.13 Å². The van der Waals surface area contributed by atoms with E-state index in [2.05, 4.69) is 20.3 Å². The minimum atomic E-state index is -0.323. The summed E-state index contributed by atoms with van der Waals surface area (Å²) in [6.45, 7) is 1.28. The van der Waals surface area contributed by atoms with Crippen LogP contribution in [0.15, 0.2) is 48.8 Å². The molecule has 23 heavy (non-hydrogen) atoms. The molecule has 114 valence electrons. The average molecular weight is 308 g/mol. The van der Waals surface area contributed by atoms with Gasteiger partial charge in [-0.1, -0.05) is 18.2 Å². The molecule has 6 heteroatoms. The third kappa shape index (κ3) is 2.89. The van der Waals surface area contributed by atoms with Crippen molar-refractivity contribution in [2.45, 2.75) is 13.2 Å². The summed E-state index contributed by atoms with van der Waals surface area (Å²) >= 11 is 0. The average Bonchev–Trinajstić information content (AvgIpc) is 3.03. The topological polar surface area (TPSA) is 59.9 Å². The predicted molar refractivity (Wildman–Crippen MR) is 83.4 cm³/mol. The summed E-state index contributed by atoms with van der Waals surface area (Å²) in [5, 5.41) is 3.15. The second-order valence-corrected chi connectivity index (χ2v) is 5.24. The highest BCUT2D eigenvalue weighted by Gasteiger charge is 2.12. The van der Waals surface area contributed by atoms with Gasteiger partial charge >= 0.3 is 0 Å². The maximum absolute atomic E-state index is 13.3. The van der Waals surface area contributed by atoms with Crippen molar-refractivity contribution in [3.63, 3.8) is 0 Å². The fourth-order valence-electron chi connectivity index (χ4n) is 2.50. The van der Waals surface area contributed by atoms with E-state index in [9.17, 15) is 4.39 Å². The first-order valence-corrected chi connectivity index (χ1v) is 7.19. The number of hydrogen-bond donors (Lipinski definition) is 1. The van der Waals surface area contributed by atoms with Gasteiger partial charge in [0.15, 0.2) is 5.82 Å². The lowest BCUT2D eigenvalue weighted by Crippen LogP contribution is -2.00. The number of nitrogens with zero attached hydrogens (tertiary/aromatic N) is 3. The lowest BCUT2D eigenvalue weighted by atomic mass is 10.1. The summed E-state index contributed by atoms with van der Waals surface area (Å²) < 4.78 is 18.7. The van der Waals surface area contributed by atoms with E-state index in [0.717, 1.165) is 11.3 Å². The molecule has 0 aliphatic carbocycles. The highest BCUT2D eigenvalue weighted by Crippen LogP contribution is 2.25. The van der Waals surface area contributed by atoms with Crippen LogP contribution in [0.25, 0.3) is 11.4 Å². The van der Waals surface area contributed by atoms with Crippen molar-refractivity contribution in [3.05, 3.63) is 65.7 Å². The van der Waals surface area contributed by atoms with Gasteiger partial charge in [0.1, 0.15) is 12.1 Å². The van der Waals surface area contributed by atoms with Crippen molar-refractivity contribution >= 4 is 11.6 Å². The van der Waals surface area contributed by atoms with Crippen LogP contribution in [0.4, 0.5) is 16.0 Å². The molecule has 0 saturated heterocycles. The van der Waals surface area contributed by atoms with Crippen molar-refractivity contribution in [1.29, 1.82) is 0 Å². The van der Waals surface area contributed by atoms with Crippen LogP contribution in [0.2, 0.25) is 0 Å². The number of aromatic nitrogens is 3. The van der Waals surface area contributed by atoms with E-state index in [-0.39, 0.29) is 5.82 Å². The summed E-state index contributed by atoms with van der Waals surface area (Å²) in [6.07, 6.45) is 1.41. The molecular weight excluding hydrogens is 295 g/mol. The standard InChI is InChI=1S/C17H13FN4O/c18-14-3-1-2-11(6-14)16-19-10-20-17(22-16)21-15-5-4-12-8-23-9-13(12)7-15/h1-7,10H,8-9H2,(H,19,20,21,22). The van der Waals surface area contributed by atoms with Gasteiger partial charge in [-0.15, -0.1) is 0 Å². The van der Waals surface area contributed by atoms with Crippen LogP contribution >= 0.6 is 0 Å². The van der Waals surface area contributed by atoms with Crippen LogP contribution in [-0.4, -0.2) is 15.0 Å². The van der Waals surface area contributed by atoms with E-state index in [1.54, 1.807) is 12.1 Å². The van der Waals surface area contributed by atoms with Gasteiger partial charge in [-0.3, -0.25) is 0 Å². The fraction of sp³-hybridized carbons (Fsp3) is 0.118. The minimum absolute atomic E-state index is 0.323. The Kier molecular flexibility index (Phi) is 3.44. The normalized spacial score (nSPS) is 12.9. The van der Waals surface area contributed by atoms with Crippen molar-refractivity contribution in [3.8, 4) is 11.4 Å². The molecule has 0 bridgehead atoms. The van der Waals surface area contributed by atoms with Crippen LogP contribution in [-0.2, 0) is 18.0 Å². The first kappa shape index (κ1) is 13.8. The Morgan fingerprint density at radius 1 is 1.00 bits per heavy atom. The second kappa shape index (κ2) is 5.73. The van der Waals surface area contributed by atoms with Crippen LogP contribution < -0.4 is 5.32 Å². The molecule has 0 atom stereocenters. The van der Waals surface area contributed by atoms with Crippen molar-refractivity contribution in [1.82, 2.24) is 15.0 Å². The Labute approximate surface area is 132 Å². The number of halogens is 1. The van der Waals surface area contributed by atoms with E-state index in [1.165, 1.54) is 24.0 Å². The molecule has 3 aromatic rings. The molecule has 1 aliphatic rings. The third-order valence-electron chi connectivity index (χ3n) is 3.63. The van der Waals surface area contributed by atoms with Crippen LogP contribution in [0.3, 0.4) is 0 Å². The van der Waals surface area contributed by atoms with E-state index < -0.39 is 0 Å². The molecule has 2 heterocycles. The van der Waals surface area contributed by atoms with E-state index in [1.807, 2.05) is 18.2 Å². The Morgan fingerprint density at radius 2 is 1.91 bits per heavy atom. The molecular formula is C17H13FN4O. The lowest BCUT2D eigenvalue weighted by molar-refractivity contribution is 0.134. The van der Waals surface area contributed by atoms with Gasteiger partial charge in [-0.05, 0) is 35.4 Å². The van der Waals surface area contributed by atoms with Crippen LogP contribution in [0.1, 0.15) is 11.1 Å². The molecule has 0 spiro atoms. The number of rotatable bonds is 3. The minimum Gasteiger partial charge on any atom is -0.372 e. The molecule has 4 rings (SSSR count). The van der Waals surface area contributed by atoms with Gasteiger partial charge in [0.05, 0.1) is 13.2 Å². The first-order chi connectivity index (χ1) is 11.3. The van der Waals surface area contributed by atoms with E-state index >= 15 is 0 Å². The number of anilines is 2. The van der Waals surface area contributed by atoms with Gasteiger partial charge in [-0.25, -0.2) is 14.4 Å². The number of fused-ring (bicyclic) bond motifs is 1. The van der Waals surface area contributed by atoms with Crippen LogP contribution in [0, 0.1) is 5.82 Å². The Hall–Kier alpha value is -2.86. The second-order valence-electron chi connectivity index (χ2n) is 5.24.